The van der Waals surface area contributed by atoms with Gasteiger partial charge in [-0.25, -0.2) is 0 Å². The lowest BCUT2D eigenvalue weighted by atomic mass is 10.1. The normalized spacial score (nSPS) is 19.6. The molecule has 0 bridgehead atoms. The molecule has 39 heavy (non-hydrogen) atoms. The van der Waals surface area contributed by atoms with Crippen molar-refractivity contribution in [2.45, 2.75) is 31.5 Å². The Morgan fingerprint density at radius 2 is 1.38 bits per heavy atom. The van der Waals surface area contributed by atoms with Crippen LogP contribution in [0.2, 0.25) is 0 Å². The quantitative estimate of drug-likeness (QED) is 0.270. The molecule has 7 nitrogen and oxygen atoms in total. The van der Waals surface area contributed by atoms with Crippen LogP contribution in [0.4, 0.5) is 5.69 Å². The monoisotopic (exact) mass is 518 g/mol. The molecule has 2 unspecified atom stereocenters. The van der Waals surface area contributed by atoms with Crippen molar-refractivity contribution in [3.8, 4) is 0 Å². The van der Waals surface area contributed by atoms with Crippen LogP contribution in [-0.2, 0) is 0 Å². The zero-order valence-electron chi connectivity index (χ0n) is 21.9. The van der Waals surface area contributed by atoms with Crippen LogP contribution in [0.5, 0.6) is 0 Å². The Balaban J connectivity index is 0.000000142. The third kappa shape index (κ3) is 5.29. The molecule has 196 valence electrons. The summed E-state index contributed by atoms with van der Waals surface area (Å²) in [6, 6.07) is 31.9. The van der Waals surface area contributed by atoms with Gasteiger partial charge in [0.15, 0.2) is 11.6 Å². The molecule has 3 aromatic heterocycles. The van der Waals surface area contributed by atoms with Crippen LogP contribution < -0.4 is 10.2 Å². The van der Waals surface area contributed by atoms with Gasteiger partial charge < -0.3 is 23.5 Å². The molecule has 0 amide bonds. The number of para-hydroxylation sites is 1. The zero-order valence-corrected chi connectivity index (χ0v) is 21.9. The molecule has 0 radical (unpaired) electrons. The first-order valence-corrected chi connectivity index (χ1v) is 13.0. The molecule has 0 spiro atoms. The van der Waals surface area contributed by atoms with E-state index in [1.54, 1.807) is 18.8 Å². The highest BCUT2D eigenvalue weighted by molar-refractivity contribution is 6.11. The molecular formula is C32H30N4O3. The Labute approximate surface area is 227 Å². The van der Waals surface area contributed by atoms with Gasteiger partial charge in [0.05, 0.1) is 24.3 Å². The molecule has 5 aromatic rings. The van der Waals surface area contributed by atoms with Crippen LogP contribution in [0.25, 0.3) is 0 Å². The number of amidine groups is 2. The maximum Gasteiger partial charge on any atom is 0.168 e. The minimum absolute atomic E-state index is 0.0407. The van der Waals surface area contributed by atoms with Crippen molar-refractivity contribution in [2.75, 3.05) is 11.4 Å². The minimum Gasteiger partial charge on any atom is -0.467 e. The van der Waals surface area contributed by atoms with E-state index in [-0.39, 0.29) is 17.6 Å². The van der Waals surface area contributed by atoms with Crippen LogP contribution in [0.1, 0.15) is 48.8 Å². The summed E-state index contributed by atoms with van der Waals surface area (Å²) in [5.74, 6) is 4.09. The predicted octanol–water partition coefficient (Wildman–Crippen LogP) is 7.03. The largest absolute Gasteiger partial charge is 0.467 e. The number of hydrogen-bond acceptors (Lipinski definition) is 7. The summed E-state index contributed by atoms with van der Waals surface area (Å²) in [5, 5.41) is 3.34. The fraction of sp³-hybridized carbons (Fsp3) is 0.188. The van der Waals surface area contributed by atoms with Gasteiger partial charge in [-0.15, -0.1) is 0 Å². The summed E-state index contributed by atoms with van der Waals surface area (Å²) in [5.41, 5.74) is 2.34. The number of nitrogens with zero attached hydrogens (tertiary/aromatic N) is 3. The Bertz CT molecular complexity index is 1520. The maximum absolute atomic E-state index is 5.50. The topological polar surface area (TPSA) is 79.4 Å². The van der Waals surface area contributed by atoms with Gasteiger partial charge in [0, 0.05) is 17.8 Å². The van der Waals surface area contributed by atoms with E-state index in [4.69, 9.17) is 18.2 Å². The molecule has 0 fully saturated rings. The molecule has 7 heteroatoms. The molecule has 0 saturated heterocycles. The van der Waals surface area contributed by atoms with E-state index >= 15 is 0 Å². The Hall–Kier alpha value is -4.78. The summed E-state index contributed by atoms with van der Waals surface area (Å²) in [6.07, 6.45) is 4.93. The van der Waals surface area contributed by atoms with Crippen molar-refractivity contribution in [1.82, 2.24) is 5.32 Å². The molecule has 2 aliphatic heterocycles. The molecule has 2 aliphatic rings. The number of benzene rings is 2. The maximum atomic E-state index is 5.50. The van der Waals surface area contributed by atoms with Crippen molar-refractivity contribution in [2.24, 2.45) is 9.98 Å². The van der Waals surface area contributed by atoms with Crippen molar-refractivity contribution in [1.29, 1.82) is 0 Å². The van der Waals surface area contributed by atoms with Gasteiger partial charge in [0.1, 0.15) is 29.4 Å². The number of hydrogen-bond donors (Lipinski definition) is 1. The lowest BCUT2D eigenvalue weighted by molar-refractivity contribution is 0.381. The third-order valence-corrected chi connectivity index (χ3v) is 6.62. The molecule has 5 heterocycles. The average Bonchev–Trinajstić information content (AvgIpc) is 3.79. The molecule has 7 rings (SSSR count). The SMILES string of the molecule is CC1(C)CN(c2ccccc2)C(c2ccccc2)=N1.c1coc(C2=NC(c3ccco3)C(c3ccco3)N2)c1. The second-order valence-electron chi connectivity index (χ2n) is 10.1. The molecule has 0 aliphatic carbocycles. The Kier molecular flexibility index (Phi) is 6.63. The lowest BCUT2D eigenvalue weighted by Gasteiger charge is -2.22. The molecular weight excluding hydrogens is 488 g/mol. The predicted molar refractivity (Wildman–Crippen MR) is 152 cm³/mol. The van der Waals surface area contributed by atoms with Gasteiger partial charge in [-0.3, -0.25) is 9.98 Å². The molecule has 2 aromatic carbocycles. The number of nitrogens with one attached hydrogen (secondary N) is 1. The van der Waals surface area contributed by atoms with Crippen molar-refractivity contribution >= 4 is 17.4 Å². The number of furan rings is 3. The summed E-state index contributed by atoms with van der Waals surface area (Å²) in [7, 11) is 0. The highest BCUT2D eigenvalue weighted by Crippen LogP contribution is 2.37. The number of rotatable bonds is 5. The van der Waals surface area contributed by atoms with Crippen molar-refractivity contribution in [3.63, 3.8) is 0 Å². The fourth-order valence-corrected chi connectivity index (χ4v) is 4.88. The summed E-state index contributed by atoms with van der Waals surface area (Å²) in [4.78, 5) is 11.9. The van der Waals surface area contributed by atoms with E-state index in [9.17, 15) is 0 Å². The Morgan fingerprint density at radius 1 is 0.744 bits per heavy atom. The van der Waals surface area contributed by atoms with Crippen molar-refractivity contribution < 1.29 is 13.3 Å². The van der Waals surface area contributed by atoms with E-state index < -0.39 is 0 Å². The van der Waals surface area contributed by atoms with Crippen molar-refractivity contribution in [3.05, 3.63) is 139 Å². The summed E-state index contributed by atoms with van der Waals surface area (Å²) >= 11 is 0. The second-order valence-corrected chi connectivity index (χ2v) is 10.1. The molecule has 0 saturated carbocycles. The van der Waals surface area contributed by atoms with Gasteiger partial charge in [-0.2, -0.15) is 0 Å². The summed E-state index contributed by atoms with van der Waals surface area (Å²) < 4.78 is 16.4. The Morgan fingerprint density at radius 3 is 2.03 bits per heavy atom. The van der Waals surface area contributed by atoms with Crippen LogP contribution in [0.15, 0.2) is 139 Å². The first-order chi connectivity index (χ1) is 19.1. The molecule has 2 atom stereocenters. The fourth-order valence-electron chi connectivity index (χ4n) is 4.88. The van der Waals surface area contributed by atoms with Crippen LogP contribution in [0.3, 0.4) is 0 Å². The van der Waals surface area contributed by atoms with Gasteiger partial charge in [0.2, 0.25) is 0 Å². The smallest absolute Gasteiger partial charge is 0.168 e. The van der Waals surface area contributed by atoms with Gasteiger partial charge in [0.25, 0.3) is 0 Å². The minimum atomic E-state index is -0.170. The summed E-state index contributed by atoms with van der Waals surface area (Å²) in [6.45, 7) is 5.28. The first-order valence-electron chi connectivity index (χ1n) is 13.0. The van der Waals surface area contributed by atoms with E-state index in [2.05, 4.69) is 77.6 Å². The standard InChI is InChI=1S/C17H18N2.C15H12N2O3/c1-17(2)13-19(15-11-7-4-8-12-15)16(18-17)14-9-5-3-6-10-14;1-4-10(18-7-1)13-14(11-5-2-8-19-11)17-15(16-13)12-6-3-9-20-12/h3-12H,13H2,1-2H3;1-9,13-14H,(H,16,17). The highest BCUT2D eigenvalue weighted by atomic mass is 16.3. The van der Waals surface area contributed by atoms with Gasteiger partial charge in [-0.05, 0) is 62.4 Å². The zero-order chi connectivity index (χ0) is 26.7. The van der Waals surface area contributed by atoms with E-state index in [1.807, 2.05) is 48.5 Å². The first kappa shape index (κ1) is 24.6. The van der Waals surface area contributed by atoms with E-state index in [1.165, 1.54) is 11.3 Å². The van der Waals surface area contributed by atoms with Crippen LogP contribution in [-0.4, -0.2) is 23.8 Å². The van der Waals surface area contributed by atoms with E-state index in [0.29, 0.717) is 11.6 Å². The lowest BCUT2D eigenvalue weighted by Crippen LogP contribution is -2.32. The number of anilines is 1. The number of aliphatic imine (C=N–C) groups is 2. The molecule has 1 N–H and O–H groups in total. The van der Waals surface area contributed by atoms with Crippen LogP contribution >= 0.6 is 0 Å². The van der Waals surface area contributed by atoms with Gasteiger partial charge >= 0.3 is 0 Å². The third-order valence-electron chi connectivity index (χ3n) is 6.62. The van der Waals surface area contributed by atoms with Crippen LogP contribution in [0, 0.1) is 0 Å². The van der Waals surface area contributed by atoms with Gasteiger partial charge in [-0.1, -0.05) is 48.5 Å². The highest BCUT2D eigenvalue weighted by Gasteiger charge is 2.36. The average molecular weight is 519 g/mol. The van der Waals surface area contributed by atoms with E-state index in [0.717, 1.165) is 23.9 Å². The second kappa shape index (κ2) is 10.5.